The molecule has 0 unspecified atom stereocenters. The van der Waals surface area contributed by atoms with Crippen molar-refractivity contribution >= 4 is 65.2 Å². The van der Waals surface area contributed by atoms with E-state index in [4.69, 9.17) is 0 Å². The number of hydrogen-bond donors (Lipinski definition) is 0. The number of nitrogens with zero attached hydrogens (tertiary/aromatic N) is 2. The van der Waals surface area contributed by atoms with Gasteiger partial charge in [0.25, 0.3) is 0 Å². The van der Waals surface area contributed by atoms with Crippen LogP contribution in [0.2, 0.25) is 0 Å². The van der Waals surface area contributed by atoms with Crippen LogP contribution in [0.4, 0.5) is 0 Å². The Morgan fingerprint density at radius 1 is 0.326 bits per heavy atom. The van der Waals surface area contributed by atoms with Crippen molar-refractivity contribution < 1.29 is 0 Å². The molecule has 0 N–H and O–H groups in total. The zero-order chi connectivity index (χ0) is 30.2. The van der Waals surface area contributed by atoms with Gasteiger partial charge in [0.2, 0.25) is 0 Å². The lowest BCUT2D eigenvalue weighted by molar-refractivity contribution is 1.18. The van der Waals surface area contributed by atoms with Crippen LogP contribution < -0.4 is 0 Å². The Hall–Kier alpha value is -6.12. The zero-order valence-electron chi connectivity index (χ0n) is 25.1. The number of fused-ring (bicyclic) bond motifs is 9. The third kappa shape index (κ3) is 3.53. The molecule has 0 spiro atoms. The molecule has 0 bridgehead atoms. The zero-order valence-corrected chi connectivity index (χ0v) is 25.1. The minimum atomic E-state index is 1.17. The first-order valence-corrected chi connectivity index (χ1v) is 15.9. The molecule has 0 radical (unpaired) electrons. The SMILES string of the molecule is c1ccc(-n2c3ccccc3c3c(-c4ccc5c(c4)c4ccccc4n5-c4cc5ccccc5c5ccccc45)cccc32)cc1. The molecule has 0 aliphatic rings. The topological polar surface area (TPSA) is 9.86 Å². The first-order chi connectivity index (χ1) is 22.8. The van der Waals surface area contributed by atoms with E-state index >= 15 is 0 Å². The van der Waals surface area contributed by atoms with Crippen LogP contribution in [-0.2, 0) is 0 Å². The van der Waals surface area contributed by atoms with E-state index in [2.05, 4.69) is 179 Å². The molecule has 2 aromatic heterocycles. The van der Waals surface area contributed by atoms with Crippen LogP contribution >= 0.6 is 0 Å². The third-order valence-electron chi connectivity index (χ3n) is 9.68. The fourth-order valence-electron chi connectivity index (χ4n) is 7.73. The molecule has 2 heterocycles. The maximum Gasteiger partial charge on any atom is 0.0547 e. The summed E-state index contributed by atoms with van der Waals surface area (Å²) in [5.74, 6) is 0. The molecule has 0 saturated heterocycles. The van der Waals surface area contributed by atoms with Crippen LogP contribution in [0.1, 0.15) is 0 Å². The average molecular weight is 585 g/mol. The molecule has 2 nitrogen and oxygen atoms in total. The van der Waals surface area contributed by atoms with Gasteiger partial charge in [0.1, 0.15) is 0 Å². The summed E-state index contributed by atoms with van der Waals surface area (Å²) >= 11 is 0. The van der Waals surface area contributed by atoms with Crippen LogP contribution in [0, 0.1) is 0 Å². The van der Waals surface area contributed by atoms with E-state index in [1.165, 1.54) is 87.7 Å². The van der Waals surface area contributed by atoms with Gasteiger partial charge in [-0.05, 0) is 75.8 Å². The van der Waals surface area contributed by atoms with Crippen molar-refractivity contribution in [2.24, 2.45) is 0 Å². The lowest BCUT2D eigenvalue weighted by atomic mass is 9.97. The van der Waals surface area contributed by atoms with Gasteiger partial charge in [0, 0.05) is 32.6 Å². The highest BCUT2D eigenvalue weighted by atomic mass is 15.0. The van der Waals surface area contributed by atoms with Gasteiger partial charge in [-0.1, -0.05) is 121 Å². The predicted octanol–water partition coefficient (Wildman–Crippen LogP) is 11.9. The molecule has 0 atom stereocenters. The standard InChI is InChI=1S/C44H28N2/c1-2-14-31(15-3-1)45-40-23-11-9-20-37(40)44-33(21-12-24-42(44)45)30-25-26-41-38(27-30)36-19-8-10-22-39(36)46(41)43-28-29-13-4-5-16-32(29)34-17-6-7-18-35(34)43/h1-28H. The van der Waals surface area contributed by atoms with Gasteiger partial charge in [-0.25, -0.2) is 0 Å². The van der Waals surface area contributed by atoms with Crippen LogP contribution in [0.25, 0.3) is 87.7 Å². The van der Waals surface area contributed by atoms with Crippen molar-refractivity contribution in [1.29, 1.82) is 0 Å². The van der Waals surface area contributed by atoms with E-state index in [1.807, 2.05) is 0 Å². The minimum Gasteiger partial charge on any atom is -0.309 e. The first kappa shape index (κ1) is 25.2. The van der Waals surface area contributed by atoms with Crippen molar-refractivity contribution in [2.45, 2.75) is 0 Å². The monoisotopic (exact) mass is 584 g/mol. The summed E-state index contributed by atoms with van der Waals surface area (Å²) in [6, 6.07) is 62.0. The van der Waals surface area contributed by atoms with Gasteiger partial charge in [-0.3, -0.25) is 0 Å². The highest BCUT2D eigenvalue weighted by Gasteiger charge is 2.19. The number of benzene rings is 8. The normalized spacial score (nSPS) is 11.9. The van der Waals surface area contributed by atoms with Crippen molar-refractivity contribution in [3.05, 3.63) is 170 Å². The van der Waals surface area contributed by atoms with E-state index in [1.54, 1.807) is 0 Å². The van der Waals surface area contributed by atoms with E-state index < -0.39 is 0 Å². The Morgan fingerprint density at radius 2 is 0.935 bits per heavy atom. The Kier molecular flexibility index (Phi) is 5.31. The molecule has 46 heavy (non-hydrogen) atoms. The van der Waals surface area contributed by atoms with Gasteiger partial charge in [0.15, 0.2) is 0 Å². The Labute approximate surface area is 266 Å². The Bertz CT molecular complexity index is 2800. The predicted molar refractivity (Wildman–Crippen MR) is 196 cm³/mol. The second kappa shape index (κ2) is 9.69. The van der Waals surface area contributed by atoms with Crippen molar-refractivity contribution in [2.75, 3.05) is 0 Å². The van der Waals surface area contributed by atoms with Crippen LogP contribution in [-0.4, -0.2) is 9.13 Å². The molecule has 8 aromatic carbocycles. The van der Waals surface area contributed by atoms with Crippen LogP contribution in [0.5, 0.6) is 0 Å². The van der Waals surface area contributed by atoms with Gasteiger partial charge in [-0.2, -0.15) is 0 Å². The molecule has 0 amide bonds. The van der Waals surface area contributed by atoms with E-state index in [-0.39, 0.29) is 0 Å². The minimum absolute atomic E-state index is 1.17. The molecular formula is C44H28N2. The lowest BCUT2D eigenvalue weighted by Gasteiger charge is -2.14. The van der Waals surface area contributed by atoms with Crippen LogP contribution in [0.3, 0.4) is 0 Å². The van der Waals surface area contributed by atoms with Gasteiger partial charge >= 0.3 is 0 Å². The maximum atomic E-state index is 2.46. The molecule has 2 heteroatoms. The molecule has 10 aromatic rings. The number of aromatic nitrogens is 2. The summed E-state index contributed by atoms with van der Waals surface area (Å²) in [4.78, 5) is 0. The van der Waals surface area contributed by atoms with Crippen molar-refractivity contribution in [1.82, 2.24) is 9.13 Å². The summed E-state index contributed by atoms with van der Waals surface area (Å²) in [6.45, 7) is 0. The molecule has 0 fully saturated rings. The van der Waals surface area contributed by atoms with E-state index in [0.29, 0.717) is 0 Å². The van der Waals surface area contributed by atoms with E-state index in [9.17, 15) is 0 Å². The molecule has 0 aliphatic carbocycles. The second-order valence-electron chi connectivity index (χ2n) is 12.1. The molecule has 0 aliphatic heterocycles. The summed E-state index contributed by atoms with van der Waals surface area (Å²) in [5, 5.41) is 10.1. The van der Waals surface area contributed by atoms with Crippen molar-refractivity contribution in [3.63, 3.8) is 0 Å². The Balaban J connectivity index is 1.27. The van der Waals surface area contributed by atoms with Gasteiger partial charge in [0.05, 0.1) is 27.8 Å². The number of rotatable bonds is 3. The second-order valence-corrected chi connectivity index (χ2v) is 12.1. The molecule has 10 rings (SSSR count). The fraction of sp³-hybridized carbons (Fsp3) is 0. The Morgan fingerprint density at radius 3 is 1.76 bits per heavy atom. The van der Waals surface area contributed by atoms with Gasteiger partial charge < -0.3 is 9.13 Å². The first-order valence-electron chi connectivity index (χ1n) is 15.9. The maximum absolute atomic E-state index is 2.46. The number of para-hydroxylation sites is 3. The average Bonchev–Trinajstić information content (AvgIpc) is 3.64. The van der Waals surface area contributed by atoms with Crippen molar-refractivity contribution in [3.8, 4) is 22.5 Å². The highest BCUT2D eigenvalue weighted by molar-refractivity contribution is 6.18. The quantitative estimate of drug-likeness (QED) is 0.183. The lowest BCUT2D eigenvalue weighted by Crippen LogP contribution is -1.96. The fourth-order valence-corrected chi connectivity index (χ4v) is 7.73. The summed E-state index contributed by atoms with van der Waals surface area (Å²) < 4.78 is 4.86. The molecule has 0 saturated carbocycles. The summed E-state index contributed by atoms with van der Waals surface area (Å²) in [5.41, 5.74) is 9.72. The van der Waals surface area contributed by atoms with Crippen LogP contribution in [0.15, 0.2) is 170 Å². The third-order valence-corrected chi connectivity index (χ3v) is 9.68. The van der Waals surface area contributed by atoms with Gasteiger partial charge in [-0.15, -0.1) is 0 Å². The summed E-state index contributed by atoms with van der Waals surface area (Å²) in [6.07, 6.45) is 0. The van der Waals surface area contributed by atoms with E-state index in [0.717, 1.165) is 0 Å². The molecule has 214 valence electrons. The number of hydrogen-bond acceptors (Lipinski definition) is 0. The molecular weight excluding hydrogens is 556 g/mol. The largest absolute Gasteiger partial charge is 0.309 e. The smallest absolute Gasteiger partial charge is 0.0547 e. The highest BCUT2D eigenvalue weighted by Crippen LogP contribution is 2.42. The summed E-state index contributed by atoms with van der Waals surface area (Å²) in [7, 11) is 0.